The number of rotatable bonds is 11. The van der Waals surface area contributed by atoms with Gasteiger partial charge in [0, 0.05) is 35.4 Å². The van der Waals surface area contributed by atoms with E-state index in [1.54, 1.807) is 12.3 Å². The van der Waals surface area contributed by atoms with E-state index in [0.717, 1.165) is 41.6 Å². The maximum absolute atomic E-state index is 13.3. The lowest BCUT2D eigenvalue weighted by molar-refractivity contribution is -0.131. The maximum atomic E-state index is 13.3. The van der Waals surface area contributed by atoms with Gasteiger partial charge in [0.1, 0.15) is 11.5 Å². The Balaban J connectivity index is 1.41. The molecule has 1 N–H and O–H groups in total. The van der Waals surface area contributed by atoms with Crippen molar-refractivity contribution in [2.75, 3.05) is 6.61 Å². The number of ether oxygens (including phenoxy) is 1. The number of carbonyl (C=O) groups is 2. The third kappa shape index (κ3) is 6.13. The van der Waals surface area contributed by atoms with E-state index in [4.69, 9.17) is 14.3 Å². The molecule has 1 saturated carbocycles. The Kier molecular flexibility index (Phi) is 7.25. The second kappa shape index (κ2) is 10.7. The average Bonchev–Trinajstić information content (AvgIpc) is 3.52. The largest absolute Gasteiger partial charge is 0.493 e. The van der Waals surface area contributed by atoms with Crippen LogP contribution in [-0.4, -0.2) is 34.5 Å². The van der Waals surface area contributed by atoms with Gasteiger partial charge in [0.25, 0.3) is 5.91 Å². The van der Waals surface area contributed by atoms with Gasteiger partial charge in [0.05, 0.1) is 12.9 Å². The van der Waals surface area contributed by atoms with Crippen LogP contribution >= 0.6 is 0 Å². The molecule has 1 amide bonds. The first-order valence-electron chi connectivity index (χ1n) is 11.2. The van der Waals surface area contributed by atoms with Crippen LogP contribution in [0.15, 0.2) is 83.5 Å². The number of para-hydroxylation sites is 1. The normalized spacial score (nSPS) is 13.2. The van der Waals surface area contributed by atoms with E-state index >= 15 is 0 Å². The van der Waals surface area contributed by atoms with Crippen LogP contribution in [0.5, 0.6) is 5.75 Å². The zero-order valence-electron chi connectivity index (χ0n) is 18.4. The monoisotopic (exact) mass is 445 g/mol. The summed E-state index contributed by atoms with van der Waals surface area (Å²) in [6.45, 7) is 0.963. The molecule has 1 heterocycles. The number of hydrogen-bond acceptors (Lipinski definition) is 4. The van der Waals surface area contributed by atoms with Gasteiger partial charge in [0.2, 0.25) is 0 Å². The van der Waals surface area contributed by atoms with Crippen molar-refractivity contribution in [3.05, 3.63) is 90.2 Å². The molecule has 170 valence electrons. The summed E-state index contributed by atoms with van der Waals surface area (Å²) in [6, 6.07) is 19.3. The van der Waals surface area contributed by atoms with Gasteiger partial charge in [-0.25, -0.2) is 4.79 Å². The molecule has 0 spiro atoms. The number of amides is 1. The molecule has 0 unspecified atom stereocenters. The quantitative estimate of drug-likeness (QED) is 0.309. The number of carbonyl (C=O) groups excluding carboxylic acids is 1. The van der Waals surface area contributed by atoms with Crippen molar-refractivity contribution in [2.45, 2.75) is 38.3 Å². The molecule has 33 heavy (non-hydrogen) atoms. The smallest absolute Gasteiger partial charge is 0.327 e. The third-order valence-electron chi connectivity index (χ3n) is 5.53. The van der Waals surface area contributed by atoms with Gasteiger partial charge >= 0.3 is 5.97 Å². The molecule has 6 heteroatoms. The minimum atomic E-state index is -0.943. The van der Waals surface area contributed by atoms with Crippen molar-refractivity contribution in [3.8, 4) is 17.1 Å². The molecule has 0 bridgehead atoms. The van der Waals surface area contributed by atoms with Crippen molar-refractivity contribution < 1.29 is 23.8 Å². The molecule has 0 atom stereocenters. The minimum Gasteiger partial charge on any atom is -0.493 e. The van der Waals surface area contributed by atoms with Gasteiger partial charge in [-0.2, -0.15) is 0 Å². The molecule has 1 aliphatic rings. The van der Waals surface area contributed by atoms with E-state index in [-0.39, 0.29) is 11.9 Å². The fraction of sp³-hybridized carbons (Fsp3) is 0.259. The first kappa shape index (κ1) is 22.4. The predicted molar refractivity (Wildman–Crippen MR) is 125 cm³/mol. The van der Waals surface area contributed by atoms with Crippen LogP contribution < -0.4 is 4.74 Å². The third-order valence-corrected chi connectivity index (χ3v) is 5.53. The molecular formula is C27H27NO5. The summed E-state index contributed by atoms with van der Waals surface area (Å²) in [5.74, 6) is 0.600. The Morgan fingerprint density at radius 2 is 1.85 bits per heavy atom. The number of carboxylic acids is 1. The molecule has 2 aromatic carbocycles. The highest BCUT2D eigenvalue weighted by molar-refractivity contribution is 5.95. The van der Waals surface area contributed by atoms with E-state index < -0.39 is 5.97 Å². The number of carboxylic acid groups (broad SMARTS) is 1. The predicted octanol–water partition coefficient (Wildman–Crippen LogP) is 5.55. The number of nitrogens with zero attached hydrogens (tertiary/aromatic N) is 1. The highest BCUT2D eigenvalue weighted by atomic mass is 16.5. The first-order valence-corrected chi connectivity index (χ1v) is 11.2. The topological polar surface area (TPSA) is 80.0 Å². The molecule has 1 aliphatic carbocycles. The Labute approximate surface area is 193 Å². The first-order chi connectivity index (χ1) is 16.1. The van der Waals surface area contributed by atoms with Crippen molar-refractivity contribution in [1.82, 2.24) is 4.90 Å². The number of benzene rings is 2. The highest BCUT2D eigenvalue weighted by Gasteiger charge is 2.33. The van der Waals surface area contributed by atoms with Crippen molar-refractivity contribution in [3.63, 3.8) is 0 Å². The van der Waals surface area contributed by atoms with Crippen LogP contribution in [0.2, 0.25) is 0 Å². The Bertz CT molecular complexity index is 1100. The maximum Gasteiger partial charge on any atom is 0.327 e. The van der Waals surface area contributed by atoms with Gasteiger partial charge in [-0.1, -0.05) is 36.4 Å². The zero-order valence-corrected chi connectivity index (χ0v) is 18.4. The van der Waals surface area contributed by atoms with Gasteiger partial charge in [-0.3, -0.25) is 4.79 Å². The SMILES string of the molecule is O=C(O)C=CCCCOc1ccccc1CN(C(=O)c1ccc(-c2ccco2)cc1)C1CC1. The summed E-state index contributed by atoms with van der Waals surface area (Å²) in [4.78, 5) is 25.8. The number of furan rings is 1. The molecule has 3 aromatic rings. The molecule has 1 aromatic heterocycles. The van der Waals surface area contributed by atoms with E-state index in [0.29, 0.717) is 31.6 Å². The van der Waals surface area contributed by atoms with Crippen LogP contribution in [0, 0.1) is 0 Å². The molecule has 1 fully saturated rings. The lowest BCUT2D eigenvalue weighted by Gasteiger charge is -2.24. The molecular weight excluding hydrogens is 418 g/mol. The molecule has 4 rings (SSSR count). The number of aliphatic carboxylic acids is 1. The summed E-state index contributed by atoms with van der Waals surface area (Å²) in [7, 11) is 0. The second-order valence-electron chi connectivity index (χ2n) is 8.06. The lowest BCUT2D eigenvalue weighted by atomic mass is 10.1. The van der Waals surface area contributed by atoms with Gasteiger partial charge in [-0.05, 0) is 56.0 Å². The lowest BCUT2D eigenvalue weighted by Crippen LogP contribution is -2.32. The minimum absolute atomic E-state index is 0.0112. The fourth-order valence-electron chi connectivity index (χ4n) is 3.66. The Morgan fingerprint density at radius 3 is 2.55 bits per heavy atom. The van der Waals surface area contributed by atoms with E-state index in [2.05, 4.69) is 0 Å². The zero-order chi connectivity index (χ0) is 23.0. The Hall–Kier alpha value is -3.80. The van der Waals surface area contributed by atoms with E-state index in [9.17, 15) is 9.59 Å². The van der Waals surface area contributed by atoms with E-state index in [1.165, 1.54) is 0 Å². The Morgan fingerprint density at radius 1 is 1.06 bits per heavy atom. The number of hydrogen-bond donors (Lipinski definition) is 1. The fourth-order valence-corrected chi connectivity index (χ4v) is 3.66. The van der Waals surface area contributed by atoms with Crippen molar-refractivity contribution >= 4 is 11.9 Å². The molecule has 0 saturated heterocycles. The second-order valence-corrected chi connectivity index (χ2v) is 8.06. The van der Waals surface area contributed by atoms with Crippen LogP contribution in [0.3, 0.4) is 0 Å². The van der Waals surface area contributed by atoms with Crippen molar-refractivity contribution in [1.29, 1.82) is 0 Å². The van der Waals surface area contributed by atoms with Gasteiger partial charge < -0.3 is 19.2 Å². The highest BCUT2D eigenvalue weighted by Crippen LogP contribution is 2.32. The standard InChI is InChI=1S/C27H27NO5/c29-26(30)10-2-1-5-17-32-25-8-4-3-7-22(25)19-28(23-15-16-23)27(31)21-13-11-20(12-14-21)24-9-6-18-33-24/h2-4,6-14,18,23H,1,5,15-17,19H2,(H,29,30). The van der Waals surface area contributed by atoms with Gasteiger partial charge in [-0.15, -0.1) is 0 Å². The summed E-state index contributed by atoms with van der Waals surface area (Å²) < 4.78 is 11.4. The van der Waals surface area contributed by atoms with Crippen LogP contribution in [0.4, 0.5) is 0 Å². The summed E-state index contributed by atoms with van der Waals surface area (Å²) in [5, 5.41) is 8.65. The molecule has 0 radical (unpaired) electrons. The van der Waals surface area contributed by atoms with Crippen molar-refractivity contribution in [2.24, 2.45) is 0 Å². The van der Waals surface area contributed by atoms with Crippen LogP contribution in [-0.2, 0) is 11.3 Å². The van der Waals surface area contributed by atoms with Crippen LogP contribution in [0.1, 0.15) is 41.6 Å². The molecule has 0 aliphatic heterocycles. The van der Waals surface area contributed by atoms with Gasteiger partial charge in [0.15, 0.2) is 0 Å². The number of unbranched alkanes of at least 4 members (excludes halogenated alkanes) is 1. The summed E-state index contributed by atoms with van der Waals surface area (Å²) in [6.07, 6.45) is 7.77. The summed E-state index contributed by atoms with van der Waals surface area (Å²) >= 11 is 0. The number of allylic oxidation sites excluding steroid dienone is 1. The average molecular weight is 446 g/mol. The van der Waals surface area contributed by atoms with Crippen LogP contribution in [0.25, 0.3) is 11.3 Å². The van der Waals surface area contributed by atoms with E-state index in [1.807, 2.05) is 65.6 Å². The molecule has 6 nitrogen and oxygen atoms in total. The summed E-state index contributed by atoms with van der Waals surface area (Å²) in [5.41, 5.74) is 2.55.